The third-order valence-corrected chi connectivity index (χ3v) is 9.98. The molecule has 1 amide bonds. The maximum absolute atomic E-state index is 14.3. The summed E-state index contributed by atoms with van der Waals surface area (Å²) >= 11 is 3.72. The molecule has 7 heteroatoms. The zero-order chi connectivity index (χ0) is 28.1. The average Bonchev–Trinajstić information content (AvgIpc) is 3.56. The molecule has 0 N–H and O–H groups in total. The molecular weight excluding hydrogens is 652 g/mol. The van der Waals surface area contributed by atoms with Crippen LogP contribution in [0.3, 0.4) is 0 Å². The molecule has 0 radical (unpaired) electrons. The number of likely N-dealkylation sites (tertiary alicyclic amines) is 1. The van der Waals surface area contributed by atoms with Crippen LogP contribution in [0.2, 0.25) is 0 Å². The summed E-state index contributed by atoms with van der Waals surface area (Å²) < 4.78 is 5.62. The molecule has 1 saturated heterocycles. The van der Waals surface area contributed by atoms with Crippen LogP contribution in [0.5, 0.6) is 0 Å². The first-order valence-electron chi connectivity index (χ1n) is 14.4. The molecule has 5 nitrogen and oxygen atoms in total. The van der Waals surface area contributed by atoms with E-state index in [0.29, 0.717) is 6.54 Å². The Morgan fingerprint density at radius 3 is 2.43 bits per heavy atom. The lowest BCUT2D eigenvalue weighted by Crippen LogP contribution is -3.00. The van der Waals surface area contributed by atoms with Gasteiger partial charge in [0.2, 0.25) is 0 Å². The van der Waals surface area contributed by atoms with E-state index in [-0.39, 0.29) is 34.5 Å². The monoisotopic (exact) mass is 684 g/mol. The number of carbonyl (C=O) groups excluding carboxylic acids is 1. The molecule has 7 rings (SSSR count). The van der Waals surface area contributed by atoms with E-state index in [1.807, 2.05) is 6.07 Å². The van der Waals surface area contributed by atoms with E-state index in [0.717, 1.165) is 47.4 Å². The minimum atomic E-state index is -0.103. The molecule has 1 fully saturated rings. The average molecular weight is 686 g/mol. The Hall–Kier alpha value is -3.42. The molecule has 4 aromatic carbocycles. The maximum Gasteiger partial charge on any atom is 0.266 e. The van der Waals surface area contributed by atoms with Gasteiger partial charge in [-0.25, -0.2) is 9.13 Å². The van der Waals surface area contributed by atoms with Crippen molar-refractivity contribution in [2.24, 2.45) is 0 Å². The van der Waals surface area contributed by atoms with Crippen LogP contribution in [-0.4, -0.2) is 28.1 Å². The van der Waals surface area contributed by atoms with Crippen LogP contribution in [0.25, 0.3) is 11.0 Å². The van der Waals surface area contributed by atoms with Crippen molar-refractivity contribution in [3.05, 3.63) is 130 Å². The quantitative estimate of drug-likeness (QED) is 0.256. The number of fused-ring (bicyclic) bond motifs is 4. The number of carbonyl (C=O) groups is 1. The number of imidazole rings is 1. The molecule has 2 unspecified atom stereocenters. The topological polar surface area (TPSA) is 32.4 Å². The fraction of sp³-hybridized carbons (Fsp3) is 0.257. The largest absolute Gasteiger partial charge is 1.00 e. The first-order chi connectivity index (χ1) is 20.0. The van der Waals surface area contributed by atoms with Crippen molar-refractivity contribution >= 4 is 38.6 Å². The van der Waals surface area contributed by atoms with Crippen LogP contribution >= 0.6 is 15.9 Å². The number of para-hydroxylation sites is 3. The lowest BCUT2D eigenvalue weighted by Gasteiger charge is -2.37. The van der Waals surface area contributed by atoms with E-state index in [1.165, 1.54) is 22.4 Å². The van der Waals surface area contributed by atoms with Gasteiger partial charge in [-0.3, -0.25) is 4.79 Å². The Morgan fingerprint density at radius 2 is 1.62 bits per heavy atom. The summed E-state index contributed by atoms with van der Waals surface area (Å²) in [4.78, 5) is 18.9. The first kappa shape index (κ1) is 28.7. The number of rotatable bonds is 6. The fourth-order valence-electron chi connectivity index (χ4n) is 7.12. The van der Waals surface area contributed by atoms with Crippen molar-refractivity contribution in [3.63, 3.8) is 0 Å². The standard InChI is InChI=1S/C35H34BrN4O.BrH/c1-25-38(23-27-14-6-8-16-29(27)36)31-18-10-11-19-32(31)39(25)24-33(41)37-21-20-35(2)28-15-7-9-17-30(28)40(34(35)37)22-26-12-4-3-5-13-26;/h3-19,34H,20-24H2,1-2H3;1H/q+1;/p-1. The van der Waals surface area contributed by atoms with Crippen molar-refractivity contribution in [3.8, 4) is 0 Å². The summed E-state index contributed by atoms with van der Waals surface area (Å²) in [5, 5.41) is 0. The highest BCUT2D eigenvalue weighted by molar-refractivity contribution is 9.10. The second-order valence-electron chi connectivity index (χ2n) is 11.6. The number of hydrogen-bond acceptors (Lipinski definition) is 2. The Bertz CT molecular complexity index is 1770. The first-order valence-corrected chi connectivity index (χ1v) is 15.2. The number of amides is 1. The summed E-state index contributed by atoms with van der Waals surface area (Å²) in [5.74, 6) is 1.24. The second kappa shape index (κ2) is 11.3. The molecule has 2 atom stereocenters. The van der Waals surface area contributed by atoms with Crippen LogP contribution in [-0.2, 0) is 29.8 Å². The lowest BCUT2D eigenvalue weighted by molar-refractivity contribution is -0.669. The zero-order valence-electron chi connectivity index (χ0n) is 23.9. The number of nitrogens with zero attached hydrogens (tertiary/aromatic N) is 4. The third kappa shape index (κ3) is 4.67. The van der Waals surface area contributed by atoms with Crippen molar-refractivity contribution in [1.29, 1.82) is 0 Å². The SMILES string of the molecule is Cc1n(CC(=O)N2CCC3(C)c4ccccc4N(Cc4ccccc4)C23)c2ccccc2[n+]1Cc1ccccc1Br.[Br-]. The van der Waals surface area contributed by atoms with E-state index in [2.05, 4.69) is 146 Å². The molecule has 2 aliphatic rings. The van der Waals surface area contributed by atoms with E-state index in [4.69, 9.17) is 0 Å². The number of benzene rings is 4. The van der Waals surface area contributed by atoms with E-state index in [9.17, 15) is 4.79 Å². The molecular formula is C35H34Br2N4O. The van der Waals surface area contributed by atoms with Crippen molar-refractivity contribution in [1.82, 2.24) is 9.47 Å². The van der Waals surface area contributed by atoms with Crippen LogP contribution in [0.1, 0.15) is 35.9 Å². The molecule has 2 aliphatic heterocycles. The number of anilines is 1. The van der Waals surface area contributed by atoms with Crippen LogP contribution in [0.4, 0.5) is 5.69 Å². The number of hydrogen-bond donors (Lipinski definition) is 0. The third-order valence-electron chi connectivity index (χ3n) is 9.20. The van der Waals surface area contributed by atoms with Crippen LogP contribution < -0.4 is 26.4 Å². The summed E-state index contributed by atoms with van der Waals surface area (Å²) in [7, 11) is 0. The van der Waals surface area contributed by atoms with Gasteiger partial charge in [0, 0.05) is 41.2 Å². The number of aromatic nitrogens is 2. The highest BCUT2D eigenvalue weighted by Crippen LogP contribution is 2.52. The molecule has 0 saturated carbocycles. The Morgan fingerprint density at radius 1 is 0.929 bits per heavy atom. The van der Waals surface area contributed by atoms with Gasteiger partial charge in [-0.2, -0.15) is 0 Å². The van der Waals surface area contributed by atoms with E-state index < -0.39 is 0 Å². The van der Waals surface area contributed by atoms with Gasteiger partial charge in [0.05, 0.1) is 0 Å². The van der Waals surface area contributed by atoms with E-state index >= 15 is 0 Å². The highest BCUT2D eigenvalue weighted by Gasteiger charge is 2.55. The van der Waals surface area contributed by atoms with Crippen LogP contribution in [0.15, 0.2) is 108 Å². The Balaban J connectivity index is 0.00000316. The smallest absolute Gasteiger partial charge is 0.266 e. The molecule has 214 valence electrons. The second-order valence-corrected chi connectivity index (χ2v) is 12.4. The van der Waals surface area contributed by atoms with Gasteiger partial charge in [-0.05, 0) is 41.8 Å². The maximum atomic E-state index is 14.3. The predicted octanol–water partition coefficient (Wildman–Crippen LogP) is 3.59. The van der Waals surface area contributed by atoms with Gasteiger partial charge < -0.3 is 26.8 Å². The van der Waals surface area contributed by atoms with Crippen LogP contribution in [0, 0.1) is 6.92 Å². The molecule has 3 heterocycles. The van der Waals surface area contributed by atoms with Gasteiger partial charge in [-0.15, -0.1) is 0 Å². The summed E-state index contributed by atoms with van der Waals surface area (Å²) in [6.45, 7) is 7.06. The van der Waals surface area contributed by atoms with E-state index in [1.54, 1.807) is 0 Å². The van der Waals surface area contributed by atoms with Gasteiger partial charge in [0.15, 0.2) is 17.6 Å². The molecule has 0 bridgehead atoms. The molecule has 1 aromatic heterocycles. The lowest BCUT2D eigenvalue weighted by atomic mass is 9.81. The minimum Gasteiger partial charge on any atom is -1.00 e. The summed E-state index contributed by atoms with van der Waals surface area (Å²) in [6.07, 6.45) is 0.946. The van der Waals surface area contributed by atoms with Crippen molar-refractivity contribution in [2.75, 3.05) is 11.4 Å². The van der Waals surface area contributed by atoms with Crippen molar-refractivity contribution in [2.45, 2.75) is 51.5 Å². The molecule has 0 aliphatic carbocycles. The Kier molecular flexibility index (Phi) is 7.75. The Labute approximate surface area is 266 Å². The summed E-state index contributed by atoms with van der Waals surface area (Å²) in [6, 6.07) is 36.1. The van der Waals surface area contributed by atoms with Gasteiger partial charge in [0.1, 0.15) is 12.7 Å². The highest BCUT2D eigenvalue weighted by atomic mass is 79.9. The minimum absolute atomic E-state index is 0. The fourth-order valence-corrected chi connectivity index (χ4v) is 7.53. The number of halogens is 2. The van der Waals surface area contributed by atoms with Gasteiger partial charge in [0.25, 0.3) is 11.7 Å². The normalized spacial score (nSPS) is 19.1. The summed E-state index contributed by atoms with van der Waals surface area (Å²) in [5.41, 5.74) is 7.19. The van der Waals surface area contributed by atoms with Crippen molar-refractivity contribution < 1.29 is 26.3 Å². The molecule has 42 heavy (non-hydrogen) atoms. The predicted molar refractivity (Wildman–Crippen MR) is 167 cm³/mol. The van der Waals surface area contributed by atoms with Gasteiger partial charge >= 0.3 is 0 Å². The molecule has 5 aromatic rings. The zero-order valence-corrected chi connectivity index (χ0v) is 27.1. The molecule has 0 spiro atoms. The van der Waals surface area contributed by atoms with Gasteiger partial charge in [-0.1, -0.05) is 102 Å².